The molecule has 0 radical (unpaired) electrons. The first-order valence-corrected chi connectivity index (χ1v) is 8.15. The molecule has 0 bridgehead atoms. The largest absolute Gasteiger partial charge is 0.497 e. The highest BCUT2D eigenvalue weighted by Gasteiger charge is 2.38. The van der Waals surface area contributed by atoms with E-state index in [2.05, 4.69) is 10.6 Å². The highest BCUT2D eigenvalue weighted by atomic mass is 16.5. The van der Waals surface area contributed by atoms with E-state index < -0.39 is 12.1 Å². The average molecular weight is 357 g/mol. The molecule has 4 amide bonds. The Balaban J connectivity index is 1.52. The van der Waals surface area contributed by atoms with Gasteiger partial charge in [0.1, 0.15) is 17.6 Å². The van der Waals surface area contributed by atoms with Gasteiger partial charge in [0.25, 0.3) is 5.91 Å². The van der Waals surface area contributed by atoms with E-state index in [4.69, 9.17) is 9.15 Å². The summed E-state index contributed by atoms with van der Waals surface area (Å²) in [4.78, 5) is 37.5. The van der Waals surface area contributed by atoms with Crippen LogP contribution in [0.15, 0.2) is 47.1 Å². The Bertz CT molecular complexity index is 803. The van der Waals surface area contributed by atoms with Gasteiger partial charge in [-0.15, -0.1) is 0 Å². The van der Waals surface area contributed by atoms with Crippen molar-refractivity contribution < 1.29 is 23.5 Å². The van der Waals surface area contributed by atoms with E-state index in [9.17, 15) is 14.4 Å². The van der Waals surface area contributed by atoms with E-state index in [1.807, 2.05) is 0 Å². The number of carbonyl (C=O) groups is 3. The third kappa shape index (κ3) is 4.02. The zero-order chi connectivity index (χ0) is 18.5. The van der Waals surface area contributed by atoms with Crippen LogP contribution in [0.3, 0.4) is 0 Å². The van der Waals surface area contributed by atoms with E-state index >= 15 is 0 Å². The van der Waals surface area contributed by atoms with E-state index in [1.54, 1.807) is 43.5 Å². The second kappa shape index (κ2) is 7.73. The van der Waals surface area contributed by atoms with Crippen molar-refractivity contribution >= 4 is 23.5 Å². The average Bonchev–Trinajstić information content (AvgIpc) is 3.24. The number of urea groups is 1. The molecule has 0 aliphatic carbocycles. The number of nitrogens with zero attached hydrogens (tertiary/aromatic N) is 1. The van der Waals surface area contributed by atoms with E-state index in [1.165, 1.54) is 6.26 Å². The van der Waals surface area contributed by atoms with Crippen molar-refractivity contribution in [2.75, 3.05) is 12.4 Å². The fraction of sp³-hybridized carbons (Fsp3) is 0.278. The standard InChI is InChI=1S/C18H19N3O5/c1-25-13-5-2-4-12(10-13)19-16(22)8-7-15-17(23)21(18(24)20-15)11-14-6-3-9-26-14/h2-6,9-10,15H,7-8,11H2,1H3,(H,19,22)(H,20,24)/t15-/m0/s1. The minimum Gasteiger partial charge on any atom is -0.497 e. The molecular weight excluding hydrogens is 338 g/mol. The summed E-state index contributed by atoms with van der Waals surface area (Å²) in [5.41, 5.74) is 0.607. The van der Waals surface area contributed by atoms with Crippen LogP contribution in [0.4, 0.5) is 10.5 Å². The predicted octanol–water partition coefficient (Wildman–Crippen LogP) is 2.13. The van der Waals surface area contributed by atoms with Crippen LogP contribution in [0.1, 0.15) is 18.6 Å². The molecule has 8 nitrogen and oxygen atoms in total. The fourth-order valence-electron chi connectivity index (χ4n) is 2.68. The molecule has 1 fully saturated rings. The van der Waals surface area contributed by atoms with Gasteiger partial charge in [0, 0.05) is 18.2 Å². The smallest absolute Gasteiger partial charge is 0.325 e. The number of hydrogen-bond acceptors (Lipinski definition) is 5. The van der Waals surface area contributed by atoms with Crippen LogP contribution in [-0.4, -0.2) is 35.9 Å². The van der Waals surface area contributed by atoms with Crippen molar-refractivity contribution in [3.8, 4) is 5.75 Å². The van der Waals surface area contributed by atoms with Gasteiger partial charge in [-0.3, -0.25) is 14.5 Å². The summed E-state index contributed by atoms with van der Waals surface area (Å²) in [7, 11) is 1.55. The highest BCUT2D eigenvalue weighted by molar-refractivity contribution is 6.04. The number of anilines is 1. The predicted molar refractivity (Wildman–Crippen MR) is 92.4 cm³/mol. The van der Waals surface area contributed by atoms with Gasteiger partial charge in [-0.25, -0.2) is 4.79 Å². The minimum absolute atomic E-state index is 0.0736. The molecule has 136 valence electrons. The van der Waals surface area contributed by atoms with Gasteiger partial charge in [-0.1, -0.05) is 6.07 Å². The summed E-state index contributed by atoms with van der Waals surface area (Å²) in [6.45, 7) is 0.0736. The van der Waals surface area contributed by atoms with Crippen molar-refractivity contribution in [2.45, 2.75) is 25.4 Å². The van der Waals surface area contributed by atoms with Crippen molar-refractivity contribution in [1.82, 2.24) is 10.2 Å². The van der Waals surface area contributed by atoms with Gasteiger partial charge in [-0.05, 0) is 30.7 Å². The first-order valence-electron chi connectivity index (χ1n) is 8.15. The Labute approximate surface area is 150 Å². The summed E-state index contributed by atoms with van der Waals surface area (Å²) in [5.74, 6) is 0.546. The molecule has 2 aromatic rings. The number of hydrogen-bond donors (Lipinski definition) is 2. The molecule has 0 spiro atoms. The first-order chi connectivity index (χ1) is 12.6. The number of amides is 4. The fourth-order valence-corrected chi connectivity index (χ4v) is 2.68. The lowest BCUT2D eigenvalue weighted by atomic mass is 10.1. The number of furan rings is 1. The van der Waals surface area contributed by atoms with E-state index in [0.29, 0.717) is 17.2 Å². The Morgan fingerprint density at radius 3 is 2.88 bits per heavy atom. The SMILES string of the molecule is COc1cccc(NC(=O)CC[C@@H]2NC(=O)N(Cc3ccco3)C2=O)c1. The zero-order valence-electron chi connectivity index (χ0n) is 14.2. The second-order valence-corrected chi connectivity index (χ2v) is 5.82. The maximum Gasteiger partial charge on any atom is 0.325 e. The molecule has 26 heavy (non-hydrogen) atoms. The number of ether oxygens (including phenoxy) is 1. The monoisotopic (exact) mass is 357 g/mol. The number of rotatable bonds is 7. The number of nitrogens with one attached hydrogen (secondary N) is 2. The molecule has 1 atom stereocenters. The molecule has 1 aliphatic rings. The molecule has 2 heterocycles. The Morgan fingerprint density at radius 2 is 2.15 bits per heavy atom. The van der Waals surface area contributed by atoms with Crippen molar-refractivity contribution in [2.24, 2.45) is 0 Å². The van der Waals surface area contributed by atoms with Gasteiger partial charge < -0.3 is 19.8 Å². The Morgan fingerprint density at radius 1 is 1.31 bits per heavy atom. The summed E-state index contributed by atoms with van der Waals surface area (Å²) in [5, 5.41) is 5.34. The topological polar surface area (TPSA) is 101 Å². The van der Waals surface area contributed by atoms with Crippen LogP contribution in [0.25, 0.3) is 0 Å². The maximum absolute atomic E-state index is 12.3. The summed E-state index contributed by atoms with van der Waals surface area (Å²) >= 11 is 0. The lowest BCUT2D eigenvalue weighted by Crippen LogP contribution is -2.31. The van der Waals surface area contributed by atoms with Gasteiger partial charge in [0.15, 0.2) is 0 Å². The van der Waals surface area contributed by atoms with Gasteiger partial charge >= 0.3 is 6.03 Å². The number of carbonyl (C=O) groups excluding carboxylic acids is 3. The number of methoxy groups -OCH3 is 1. The molecule has 1 aromatic heterocycles. The van der Waals surface area contributed by atoms with Crippen molar-refractivity contribution in [1.29, 1.82) is 0 Å². The van der Waals surface area contributed by atoms with Crippen LogP contribution < -0.4 is 15.4 Å². The van der Waals surface area contributed by atoms with Crippen LogP contribution in [0.2, 0.25) is 0 Å². The van der Waals surface area contributed by atoms with Gasteiger partial charge in [0.05, 0.1) is 19.9 Å². The molecule has 2 N–H and O–H groups in total. The lowest BCUT2D eigenvalue weighted by molar-refractivity contribution is -0.128. The zero-order valence-corrected chi connectivity index (χ0v) is 14.2. The molecule has 3 rings (SSSR count). The second-order valence-electron chi connectivity index (χ2n) is 5.82. The van der Waals surface area contributed by atoms with Crippen LogP contribution in [0, 0.1) is 0 Å². The molecule has 8 heteroatoms. The van der Waals surface area contributed by atoms with Gasteiger partial charge in [0.2, 0.25) is 5.91 Å². The van der Waals surface area contributed by atoms with E-state index in [-0.39, 0.29) is 31.2 Å². The lowest BCUT2D eigenvalue weighted by Gasteiger charge is -2.11. The minimum atomic E-state index is -0.714. The van der Waals surface area contributed by atoms with E-state index in [0.717, 1.165) is 4.90 Å². The van der Waals surface area contributed by atoms with Crippen molar-refractivity contribution in [3.05, 3.63) is 48.4 Å². The van der Waals surface area contributed by atoms with Crippen LogP contribution in [0.5, 0.6) is 5.75 Å². The molecule has 0 saturated carbocycles. The molecule has 0 unspecified atom stereocenters. The Kier molecular flexibility index (Phi) is 5.21. The number of benzene rings is 1. The molecular formula is C18H19N3O5. The summed E-state index contributed by atoms with van der Waals surface area (Å²) < 4.78 is 10.3. The molecule has 1 aromatic carbocycles. The highest BCUT2D eigenvalue weighted by Crippen LogP contribution is 2.18. The quantitative estimate of drug-likeness (QED) is 0.739. The molecule has 1 aliphatic heterocycles. The Hall–Kier alpha value is -3.29. The van der Waals surface area contributed by atoms with Crippen LogP contribution >= 0.6 is 0 Å². The first kappa shape index (κ1) is 17.5. The van der Waals surface area contributed by atoms with Gasteiger partial charge in [-0.2, -0.15) is 0 Å². The van der Waals surface area contributed by atoms with Crippen molar-refractivity contribution in [3.63, 3.8) is 0 Å². The third-order valence-corrected chi connectivity index (χ3v) is 4.01. The third-order valence-electron chi connectivity index (χ3n) is 4.01. The van der Waals surface area contributed by atoms with Crippen LogP contribution in [-0.2, 0) is 16.1 Å². The summed E-state index contributed by atoms with van der Waals surface area (Å²) in [6.07, 6.45) is 1.80. The normalized spacial score (nSPS) is 16.5. The molecule has 1 saturated heterocycles. The maximum atomic E-state index is 12.3. The number of imide groups is 1. The summed E-state index contributed by atoms with van der Waals surface area (Å²) in [6, 6.07) is 9.17.